The molecule has 0 heterocycles. The maximum absolute atomic E-state index is 8.38. The van der Waals surface area contributed by atoms with Gasteiger partial charge >= 0.3 is 0 Å². The van der Waals surface area contributed by atoms with Crippen LogP contribution in [-0.2, 0) is 0 Å². The molecule has 0 aromatic heterocycles. The molecular formula is C6H11NOS. The van der Waals surface area contributed by atoms with Crippen LogP contribution in [0, 0.1) is 11.3 Å². The molecule has 0 saturated heterocycles. The first kappa shape index (κ1) is 8.80. The van der Waals surface area contributed by atoms with Gasteiger partial charge in [-0.2, -0.15) is 17.0 Å². The molecule has 0 saturated carbocycles. The number of rotatable bonds is 4. The van der Waals surface area contributed by atoms with Gasteiger partial charge in [0, 0.05) is 17.4 Å². The molecule has 3 heteroatoms. The predicted molar refractivity (Wildman–Crippen MR) is 39.2 cm³/mol. The van der Waals surface area contributed by atoms with Crippen LogP contribution < -0.4 is 0 Å². The Balaban J connectivity index is 3.08. The second kappa shape index (κ2) is 5.93. The number of hydrogen-bond acceptors (Lipinski definition) is 3. The van der Waals surface area contributed by atoms with E-state index < -0.39 is 0 Å². The van der Waals surface area contributed by atoms with Crippen molar-refractivity contribution in [1.29, 1.82) is 5.26 Å². The molecule has 0 spiro atoms. The SMILES string of the molecule is CC(CC#N)SCCO. The largest absolute Gasteiger partial charge is 0.396 e. The third kappa shape index (κ3) is 5.67. The van der Waals surface area contributed by atoms with Gasteiger partial charge in [0.2, 0.25) is 0 Å². The summed E-state index contributed by atoms with van der Waals surface area (Å²) in [5, 5.41) is 17.0. The molecule has 1 unspecified atom stereocenters. The molecule has 2 nitrogen and oxygen atoms in total. The molecule has 0 aromatic rings. The van der Waals surface area contributed by atoms with Crippen molar-refractivity contribution in [3.05, 3.63) is 0 Å². The van der Waals surface area contributed by atoms with E-state index in [4.69, 9.17) is 10.4 Å². The molecular weight excluding hydrogens is 134 g/mol. The zero-order valence-corrected chi connectivity index (χ0v) is 6.32. The van der Waals surface area contributed by atoms with Gasteiger partial charge in [-0.3, -0.25) is 0 Å². The Morgan fingerprint density at radius 2 is 2.44 bits per heavy atom. The Labute approximate surface area is 59.9 Å². The van der Waals surface area contributed by atoms with Crippen LogP contribution in [0.15, 0.2) is 0 Å². The maximum Gasteiger partial charge on any atom is 0.0633 e. The van der Waals surface area contributed by atoms with Gasteiger partial charge in [-0.1, -0.05) is 6.92 Å². The van der Waals surface area contributed by atoms with Crippen LogP contribution in [0.25, 0.3) is 0 Å². The number of aliphatic hydroxyl groups excluding tert-OH is 1. The molecule has 0 aliphatic carbocycles. The fourth-order valence-corrected chi connectivity index (χ4v) is 1.14. The van der Waals surface area contributed by atoms with E-state index in [-0.39, 0.29) is 6.61 Å². The summed E-state index contributed by atoms with van der Waals surface area (Å²) >= 11 is 1.63. The highest BCUT2D eigenvalue weighted by atomic mass is 32.2. The third-order valence-electron chi connectivity index (χ3n) is 0.872. The van der Waals surface area contributed by atoms with Gasteiger partial charge in [0.15, 0.2) is 0 Å². The molecule has 0 amide bonds. The van der Waals surface area contributed by atoms with Gasteiger partial charge in [0.05, 0.1) is 12.7 Å². The molecule has 0 aliphatic rings. The number of thioether (sulfide) groups is 1. The van der Waals surface area contributed by atoms with E-state index in [1.54, 1.807) is 11.8 Å². The van der Waals surface area contributed by atoms with Crippen molar-refractivity contribution in [3.8, 4) is 6.07 Å². The second-order valence-corrected chi connectivity index (χ2v) is 3.31. The quantitative estimate of drug-likeness (QED) is 0.642. The minimum absolute atomic E-state index is 0.209. The monoisotopic (exact) mass is 145 g/mol. The Bertz CT molecular complexity index is 99.7. The van der Waals surface area contributed by atoms with Crippen LogP contribution >= 0.6 is 11.8 Å². The topological polar surface area (TPSA) is 44.0 Å². The highest BCUT2D eigenvalue weighted by Gasteiger charge is 1.98. The first-order chi connectivity index (χ1) is 4.31. The summed E-state index contributed by atoms with van der Waals surface area (Å²) in [5.74, 6) is 0.739. The molecule has 0 aromatic carbocycles. The Kier molecular flexibility index (Phi) is 5.80. The molecule has 9 heavy (non-hydrogen) atoms. The van der Waals surface area contributed by atoms with Crippen molar-refractivity contribution < 1.29 is 5.11 Å². The first-order valence-corrected chi connectivity index (χ1v) is 3.95. The van der Waals surface area contributed by atoms with Crippen LogP contribution in [-0.4, -0.2) is 22.7 Å². The summed E-state index contributed by atoms with van der Waals surface area (Å²) < 4.78 is 0. The minimum atomic E-state index is 0.209. The van der Waals surface area contributed by atoms with Gasteiger partial charge in [0.25, 0.3) is 0 Å². The van der Waals surface area contributed by atoms with Crippen molar-refractivity contribution in [2.75, 3.05) is 12.4 Å². The van der Waals surface area contributed by atoms with E-state index in [1.165, 1.54) is 0 Å². The molecule has 52 valence electrons. The van der Waals surface area contributed by atoms with Crippen molar-refractivity contribution in [3.63, 3.8) is 0 Å². The zero-order chi connectivity index (χ0) is 7.11. The Hall–Kier alpha value is -0.200. The summed E-state index contributed by atoms with van der Waals surface area (Å²) in [5.41, 5.74) is 0. The number of nitriles is 1. The van der Waals surface area contributed by atoms with E-state index in [2.05, 4.69) is 6.07 Å². The lowest BCUT2D eigenvalue weighted by atomic mass is 10.4. The van der Waals surface area contributed by atoms with Crippen LogP contribution in [0.3, 0.4) is 0 Å². The van der Waals surface area contributed by atoms with Crippen molar-refractivity contribution >= 4 is 11.8 Å². The van der Waals surface area contributed by atoms with Gasteiger partial charge in [-0.15, -0.1) is 0 Å². The maximum atomic E-state index is 8.38. The molecule has 0 rings (SSSR count). The summed E-state index contributed by atoms with van der Waals surface area (Å²) in [6, 6.07) is 2.07. The van der Waals surface area contributed by atoms with E-state index in [0.29, 0.717) is 11.7 Å². The summed E-state index contributed by atoms with van der Waals surface area (Å²) in [6.07, 6.45) is 0.574. The lowest BCUT2D eigenvalue weighted by Crippen LogP contribution is -1.97. The number of hydrogen-bond donors (Lipinski definition) is 1. The predicted octanol–water partition coefficient (Wildman–Crippen LogP) is 1.01. The molecule has 0 fully saturated rings. The van der Waals surface area contributed by atoms with Crippen LogP contribution in [0.1, 0.15) is 13.3 Å². The van der Waals surface area contributed by atoms with Crippen LogP contribution in [0.4, 0.5) is 0 Å². The lowest BCUT2D eigenvalue weighted by molar-refractivity contribution is 0.322. The van der Waals surface area contributed by atoms with Crippen molar-refractivity contribution in [1.82, 2.24) is 0 Å². The Morgan fingerprint density at radius 1 is 1.78 bits per heavy atom. The highest BCUT2D eigenvalue weighted by molar-refractivity contribution is 7.99. The number of nitrogens with zero attached hydrogens (tertiary/aromatic N) is 1. The number of aliphatic hydroxyl groups is 1. The van der Waals surface area contributed by atoms with Gasteiger partial charge in [-0.25, -0.2) is 0 Å². The van der Waals surface area contributed by atoms with Gasteiger partial charge in [-0.05, 0) is 0 Å². The fraction of sp³-hybridized carbons (Fsp3) is 0.833. The average molecular weight is 145 g/mol. The fourth-order valence-electron chi connectivity index (χ4n) is 0.441. The smallest absolute Gasteiger partial charge is 0.0633 e. The highest BCUT2D eigenvalue weighted by Crippen LogP contribution is 2.11. The standard InChI is InChI=1S/C6H11NOS/c1-6(2-3-7)9-5-4-8/h6,8H,2,4-5H2,1H3. The van der Waals surface area contributed by atoms with E-state index >= 15 is 0 Å². The molecule has 1 atom stereocenters. The second-order valence-electron chi connectivity index (χ2n) is 1.77. The van der Waals surface area contributed by atoms with Gasteiger partial charge in [0.1, 0.15) is 0 Å². The van der Waals surface area contributed by atoms with E-state index in [1.807, 2.05) is 6.92 Å². The molecule has 0 aliphatic heterocycles. The summed E-state index contributed by atoms with van der Waals surface area (Å²) in [7, 11) is 0. The third-order valence-corrected chi connectivity index (χ3v) is 2.03. The summed E-state index contributed by atoms with van der Waals surface area (Å²) in [6.45, 7) is 2.20. The first-order valence-electron chi connectivity index (χ1n) is 2.90. The van der Waals surface area contributed by atoms with Crippen LogP contribution in [0.5, 0.6) is 0 Å². The molecule has 0 radical (unpaired) electrons. The molecule has 1 N–H and O–H groups in total. The van der Waals surface area contributed by atoms with Gasteiger partial charge < -0.3 is 5.11 Å². The lowest BCUT2D eigenvalue weighted by Gasteiger charge is -2.02. The van der Waals surface area contributed by atoms with E-state index in [9.17, 15) is 0 Å². The minimum Gasteiger partial charge on any atom is -0.396 e. The Morgan fingerprint density at radius 3 is 2.89 bits per heavy atom. The van der Waals surface area contributed by atoms with Crippen LogP contribution in [0.2, 0.25) is 0 Å². The van der Waals surface area contributed by atoms with Crippen molar-refractivity contribution in [2.24, 2.45) is 0 Å². The van der Waals surface area contributed by atoms with E-state index in [0.717, 1.165) is 5.75 Å². The average Bonchev–Trinajstić information content (AvgIpc) is 1.85. The molecule has 0 bridgehead atoms. The summed E-state index contributed by atoms with van der Waals surface area (Å²) in [4.78, 5) is 0. The normalized spacial score (nSPS) is 12.6. The zero-order valence-electron chi connectivity index (χ0n) is 5.50. The van der Waals surface area contributed by atoms with Crippen molar-refractivity contribution in [2.45, 2.75) is 18.6 Å².